The molecule has 1 fully saturated rings. The number of hydroxylamine groups is 1. The second kappa shape index (κ2) is 7.12. The average Bonchev–Trinajstić information content (AvgIpc) is 2.48. The Hall–Kier alpha value is -1.79. The summed E-state index contributed by atoms with van der Waals surface area (Å²) in [5.74, 6) is 0.173. The van der Waals surface area contributed by atoms with Gasteiger partial charge in [0.15, 0.2) is 6.29 Å². The Morgan fingerprint density at radius 3 is 3.05 bits per heavy atom. The van der Waals surface area contributed by atoms with Crippen LogP contribution in [0.5, 0.6) is 5.75 Å². The number of carbonyl (C=O) groups excluding carboxylic acids is 1. The zero-order valence-corrected chi connectivity index (χ0v) is 11.6. The third-order valence-corrected chi connectivity index (χ3v) is 2.98. The molecule has 20 heavy (non-hydrogen) atoms. The number of amides is 1. The van der Waals surface area contributed by atoms with E-state index < -0.39 is 0 Å². The third-order valence-electron chi connectivity index (χ3n) is 2.98. The molecule has 0 radical (unpaired) electrons. The first kappa shape index (κ1) is 14.6. The van der Waals surface area contributed by atoms with Crippen molar-refractivity contribution in [3.05, 3.63) is 23.8 Å². The van der Waals surface area contributed by atoms with E-state index in [-0.39, 0.29) is 12.2 Å². The summed E-state index contributed by atoms with van der Waals surface area (Å²) in [5.41, 5.74) is 8.81. The van der Waals surface area contributed by atoms with E-state index in [0.29, 0.717) is 30.2 Å². The van der Waals surface area contributed by atoms with Crippen LogP contribution in [-0.4, -0.2) is 25.4 Å². The Kier molecular flexibility index (Phi) is 5.20. The van der Waals surface area contributed by atoms with Gasteiger partial charge in [0.25, 0.3) is 5.91 Å². The van der Waals surface area contributed by atoms with Gasteiger partial charge in [0.05, 0.1) is 18.8 Å². The lowest BCUT2D eigenvalue weighted by atomic mass is 10.1. The second-order valence-electron chi connectivity index (χ2n) is 4.53. The molecule has 110 valence electrons. The predicted octanol–water partition coefficient (Wildman–Crippen LogP) is 1.86. The van der Waals surface area contributed by atoms with Crippen LogP contribution in [0, 0.1) is 0 Å². The van der Waals surface area contributed by atoms with E-state index in [4.69, 9.17) is 20.0 Å². The normalized spacial score (nSPS) is 18.6. The lowest BCUT2D eigenvalue weighted by Crippen LogP contribution is -2.26. The molecule has 1 atom stereocenters. The molecule has 1 aromatic carbocycles. The number of ether oxygens (including phenoxy) is 2. The number of nitrogen functional groups attached to an aromatic ring is 1. The van der Waals surface area contributed by atoms with Crippen molar-refractivity contribution in [2.24, 2.45) is 0 Å². The van der Waals surface area contributed by atoms with Crippen molar-refractivity contribution < 1.29 is 19.1 Å². The topological polar surface area (TPSA) is 82.8 Å². The Balaban J connectivity index is 2.05. The van der Waals surface area contributed by atoms with E-state index in [0.717, 1.165) is 19.3 Å². The van der Waals surface area contributed by atoms with E-state index in [2.05, 4.69) is 5.48 Å². The molecule has 1 aliphatic rings. The molecule has 1 amide bonds. The summed E-state index contributed by atoms with van der Waals surface area (Å²) in [6, 6.07) is 4.96. The highest BCUT2D eigenvalue weighted by Gasteiger charge is 2.17. The van der Waals surface area contributed by atoms with Crippen LogP contribution in [0.1, 0.15) is 36.5 Å². The van der Waals surface area contributed by atoms with Gasteiger partial charge < -0.3 is 15.2 Å². The van der Waals surface area contributed by atoms with Crippen molar-refractivity contribution in [2.45, 2.75) is 32.5 Å². The van der Waals surface area contributed by atoms with E-state index in [1.807, 2.05) is 0 Å². The highest BCUT2D eigenvalue weighted by atomic mass is 16.7. The summed E-state index contributed by atoms with van der Waals surface area (Å²) < 4.78 is 11.2. The Bertz CT molecular complexity index is 458. The maximum atomic E-state index is 11.9. The lowest BCUT2D eigenvalue weighted by Gasteiger charge is -2.23. The summed E-state index contributed by atoms with van der Waals surface area (Å²) in [7, 11) is 0. The van der Waals surface area contributed by atoms with Gasteiger partial charge in [-0.05, 0) is 38.0 Å². The highest BCUT2D eigenvalue weighted by Crippen LogP contribution is 2.23. The Morgan fingerprint density at radius 1 is 1.50 bits per heavy atom. The van der Waals surface area contributed by atoms with Crippen molar-refractivity contribution in [2.75, 3.05) is 18.9 Å². The van der Waals surface area contributed by atoms with Crippen LogP contribution in [0.25, 0.3) is 0 Å². The van der Waals surface area contributed by atoms with Crippen molar-refractivity contribution >= 4 is 11.6 Å². The molecule has 3 N–H and O–H groups in total. The van der Waals surface area contributed by atoms with Crippen LogP contribution in [0.15, 0.2) is 18.2 Å². The molecule has 1 aromatic rings. The zero-order chi connectivity index (χ0) is 14.4. The van der Waals surface area contributed by atoms with E-state index in [1.165, 1.54) is 0 Å². The van der Waals surface area contributed by atoms with Crippen LogP contribution in [0.4, 0.5) is 5.69 Å². The number of benzene rings is 1. The molecular weight excluding hydrogens is 260 g/mol. The number of rotatable bonds is 5. The first-order valence-electron chi connectivity index (χ1n) is 6.80. The molecule has 2 rings (SSSR count). The molecular formula is C14H20N2O4. The van der Waals surface area contributed by atoms with Gasteiger partial charge in [0.2, 0.25) is 0 Å². The first-order chi connectivity index (χ1) is 9.70. The van der Waals surface area contributed by atoms with Gasteiger partial charge >= 0.3 is 0 Å². The molecule has 0 aliphatic carbocycles. The summed E-state index contributed by atoms with van der Waals surface area (Å²) >= 11 is 0. The molecule has 1 heterocycles. The average molecular weight is 280 g/mol. The number of hydrogen-bond donors (Lipinski definition) is 2. The Labute approximate surface area is 118 Å². The third kappa shape index (κ3) is 3.85. The molecule has 6 heteroatoms. The van der Waals surface area contributed by atoms with Gasteiger partial charge in [-0.3, -0.25) is 9.63 Å². The van der Waals surface area contributed by atoms with Crippen LogP contribution < -0.4 is 16.0 Å². The fourth-order valence-electron chi connectivity index (χ4n) is 1.95. The van der Waals surface area contributed by atoms with E-state index >= 15 is 0 Å². The molecule has 0 spiro atoms. The number of carbonyl (C=O) groups is 1. The van der Waals surface area contributed by atoms with Crippen LogP contribution in [-0.2, 0) is 9.57 Å². The van der Waals surface area contributed by atoms with Gasteiger partial charge in [-0.25, -0.2) is 5.48 Å². The second-order valence-corrected chi connectivity index (χ2v) is 4.53. The number of nitrogens with two attached hydrogens (primary N) is 1. The van der Waals surface area contributed by atoms with E-state index in [9.17, 15) is 4.79 Å². The van der Waals surface area contributed by atoms with Crippen molar-refractivity contribution in [1.29, 1.82) is 0 Å². The first-order valence-corrected chi connectivity index (χ1v) is 6.80. The van der Waals surface area contributed by atoms with E-state index in [1.54, 1.807) is 25.1 Å². The molecule has 6 nitrogen and oxygen atoms in total. The summed E-state index contributed by atoms with van der Waals surface area (Å²) in [6.07, 6.45) is 2.74. The Morgan fingerprint density at radius 2 is 2.35 bits per heavy atom. The number of hydrogen-bond acceptors (Lipinski definition) is 5. The molecule has 0 saturated carbocycles. The molecule has 1 saturated heterocycles. The minimum absolute atomic E-state index is 0.254. The van der Waals surface area contributed by atoms with Gasteiger partial charge in [-0.1, -0.05) is 0 Å². The van der Waals surface area contributed by atoms with Gasteiger partial charge in [0.1, 0.15) is 5.75 Å². The largest absolute Gasteiger partial charge is 0.465 e. The van der Waals surface area contributed by atoms with Gasteiger partial charge in [0, 0.05) is 12.1 Å². The van der Waals surface area contributed by atoms with Crippen molar-refractivity contribution in [3.63, 3.8) is 0 Å². The van der Waals surface area contributed by atoms with Crippen LogP contribution in [0.2, 0.25) is 0 Å². The SMILES string of the molecule is CCONC(=O)c1cc(OC2CCCCO2)ccc1N. The lowest BCUT2D eigenvalue weighted by molar-refractivity contribution is -0.105. The van der Waals surface area contributed by atoms with Crippen LogP contribution >= 0.6 is 0 Å². The summed E-state index contributed by atoms with van der Waals surface area (Å²) in [4.78, 5) is 16.7. The van der Waals surface area contributed by atoms with Crippen molar-refractivity contribution in [3.8, 4) is 5.75 Å². The standard InChI is InChI=1S/C14H20N2O4/c1-2-19-16-14(17)11-9-10(6-7-12(11)15)20-13-5-3-4-8-18-13/h6-7,9,13H,2-5,8,15H2,1H3,(H,16,17). The minimum Gasteiger partial charge on any atom is -0.465 e. The summed E-state index contributed by atoms with van der Waals surface area (Å²) in [6.45, 7) is 2.87. The number of nitrogens with one attached hydrogen (secondary N) is 1. The monoisotopic (exact) mass is 280 g/mol. The highest BCUT2D eigenvalue weighted by molar-refractivity contribution is 5.98. The van der Waals surface area contributed by atoms with Gasteiger partial charge in [-0.2, -0.15) is 0 Å². The van der Waals surface area contributed by atoms with Crippen molar-refractivity contribution in [1.82, 2.24) is 5.48 Å². The van der Waals surface area contributed by atoms with Gasteiger partial charge in [-0.15, -0.1) is 0 Å². The molecule has 1 aliphatic heterocycles. The maximum Gasteiger partial charge on any atom is 0.277 e. The molecule has 0 bridgehead atoms. The molecule has 1 unspecified atom stereocenters. The number of anilines is 1. The zero-order valence-electron chi connectivity index (χ0n) is 11.6. The predicted molar refractivity (Wildman–Crippen MR) is 74.2 cm³/mol. The minimum atomic E-state index is -0.389. The quantitative estimate of drug-likeness (QED) is 0.635. The summed E-state index contributed by atoms with van der Waals surface area (Å²) in [5, 5.41) is 0. The fraction of sp³-hybridized carbons (Fsp3) is 0.500. The maximum absolute atomic E-state index is 11.9. The fourth-order valence-corrected chi connectivity index (χ4v) is 1.95. The van der Waals surface area contributed by atoms with Crippen LogP contribution in [0.3, 0.4) is 0 Å². The smallest absolute Gasteiger partial charge is 0.277 e. The molecule has 0 aromatic heterocycles.